The number of aromatic hydroxyl groups is 1. The van der Waals surface area contributed by atoms with E-state index in [0.29, 0.717) is 5.56 Å². The Morgan fingerprint density at radius 3 is 2.95 bits per heavy atom. The van der Waals surface area contributed by atoms with Gasteiger partial charge < -0.3 is 10.4 Å². The number of aromatic amines is 1. The van der Waals surface area contributed by atoms with Crippen molar-refractivity contribution in [1.29, 1.82) is 5.26 Å². The number of phenolic OH excluding ortho intramolecular Hbond substituents is 1. The van der Waals surface area contributed by atoms with Crippen LogP contribution in [0.25, 0.3) is 5.57 Å². The number of tetrazole rings is 1. The summed E-state index contributed by atoms with van der Waals surface area (Å²) in [6, 6.07) is 4.59. The van der Waals surface area contributed by atoms with Gasteiger partial charge in [0.05, 0.1) is 10.6 Å². The van der Waals surface area contributed by atoms with Crippen LogP contribution in [0.1, 0.15) is 11.4 Å². The number of nitrogens with one attached hydrogen (secondary N) is 2. The summed E-state index contributed by atoms with van der Waals surface area (Å²) in [5, 5.41) is 45.1. The third-order valence-corrected chi connectivity index (χ3v) is 2.51. The third-order valence-electron chi connectivity index (χ3n) is 2.51. The second-order valence-electron chi connectivity index (χ2n) is 3.99. The standard InChI is InChI=1S/C11H9N7O3/c1-6-2-8(10(19)9(3-6)18(20)21)13-5-7(4-12)11-14-16-17-15-11/h2-3,5,13,19H,1H3,(H,14,15,16,17). The lowest BCUT2D eigenvalue weighted by Gasteiger charge is -2.06. The zero-order chi connectivity index (χ0) is 15.4. The Kier molecular flexibility index (Phi) is 3.76. The van der Waals surface area contributed by atoms with Gasteiger partial charge in [0.15, 0.2) is 0 Å². The molecule has 10 nitrogen and oxygen atoms in total. The number of allylic oxidation sites excluding steroid dienone is 1. The normalized spacial score (nSPS) is 11.0. The first-order chi connectivity index (χ1) is 10.0. The Morgan fingerprint density at radius 2 is 2.38 bits per heavy atom. The molecule has 0 unspecified atom stereocenters. The summed E-state index contributed by atoms with van der Waals surface area (Å²) in [6.45, 7) is 1.64. The van der Waals surface area contributed by atoms with Gasteiger partial charge in [-0.2, -0.15) is 10.5 Å². The molecule has 1 aromatic carbocycles. The predicted molar refractivity (Wildman–Crippen MR) is 70.9 cm³/mol. The summed E-state index contributed by atoms with van der Waals surface area (Å²) in [5.74, 6) is -0.459. The molecule has 0 saturated carbocycles. The van der Waals surface area contributed by atoms with Gasteiger partial charge in [0, 0.05) is 12.3 Å². The first-order valence-corrected chi connectivity index (χ1v) is 5.61. The van der Waals surface area contributed by atoms with Crippen LogP contribution in [0.3, 0.4) is 0 Å². The first kappa shape index (κ1) is 13.9. The van der Waals surface area contributed by atoms with E-state index in [1.165, 1.54) is 18.3 Å². The van der Waals surface area contributed by atoms with Crippen LogP contribution in [-0.4, -0.2) is 30.7 Å². The van der Waals surface area contributed by atoms with Crippen LogP contribution in [-0.2, 0) is 0 Å². The van der Waals surface area contributed by atoms with Gasteiger partial charge in [0.1, 0.15) is 11.6 Å². The van der Waals surface area contributed by atoms with E-state index in [0.717, 1.165) is 0 Å². The maximum absolute atomic E-state index is 10.8. The molecule has 1 heterocycles. The molecule has 0 aliphatic carbocycles. The summed E-state index contributed by atoms with van der Waals surface area (Å²) in [6.07, 6.45) is 1.23. The highest BCUT2D eigenvalue weighted by Gasteiger charge is 2.18. The molecular weight excluding hydrogens is 278 g/mol. The zero-order valence-electron chi connectivity index (χ0n) is 10.7. The summed E-state index contributed by atoms with van der Waals surface area (Å²) in [4.78, 5) is 10.1. The molecule has 0 amide bonds. The Balaban J connectivity index is 2.36. The van der Waals surface area contributed by atoms with Crippen LogP contribution in [0, 0.1) is 28.4 Å². The number of benzene rings is 1. The number of aryl methyl sites for hydroxylation is 1. The quantitative estimate of drug-likeness (QED) is 0.327. The summed E-state index contributed by atoms with van der Waals surface area (Å²) < 4.78 is 0. The van der Waals surface area contributed by atoms with E-state index in [-0.39, 0.29) is 17.1 Å². The molecule has 10 heteroatoms. The highest BCUT2D eigenvalue weighted by molar-refractivity contribution is 5.76. The fourth-order valence-electron chi connectivity index (χ4n) is 1.58. The predicted octanol–water partition coefficient (Wildman–Crippen LogP) is 1.10. The molecule has 2 rings (SSSR count). The van der Waals surface area contributed by atoms with E-state index in [4.69, 9.17) is 5.26 Å². The second kappa shape index (κ2) is 5.66. The van der Waals surface area contributed by atoms with Gasteiger partial charge in [0.25, 0.3) is 0 Å². The second-order valence-corrected chi connectivity index (χ2v) is 3.99. The molecule has 0 aliphatic heterocycles. The number of hydrogen-bond donors (Lipinski definition) is 3. The van der Waals surface area contributed by atoms with Crippen molar-refractivity contribution in [1.82, 2.24) is 20.6 Å². The van der Waals surface area contributed by atoms with Crippen LogP contribution >= 0.6 is 0 Å². The Hall–Kier alpha value is -3.48. The first-order valence-electron chi connectivity index (χ1n) is 5.61. The largest absolute Gasteiger partial charge is 0.501 e. The molecule has 0 fully saturated rings. The SMILES string of the molecule is Cc1cc(NC=C(C#N)c2nn[nH]n2)c(O)c([N+](=O)[O-])c1. The van der Waals surface area contributed by atoms with E-state index in [9.17, 15) is 15.2 Å². The number of phenols is 1. The van der Waals surface area contributed by atoms with Crippen molar-refractivity contribution in [3.05, 3.63) is 39.8 Å². The van der Waals surface area contributed by atoms with Crippen molar-refractivity contribution in [3.8, 4) is 11.8 Å². The van der Waals surface area contributed by atoms with Crippen molar-refractivity contribution < 1.29 is 10.0 Å². The van der Waals surface area contributed by atoms with E-state index < -0.39 is 16.4 Å². The fraction of sp³-hybridized carbons (Fsp3) is 0.0909. The summed E-state index contributed by atoms with van der Waals surface area (Å²) >= 11 is 0. The van der Waals surface area contributed by atoms with Gasteiger partial charge in [0.2, 0.25) is 11.6 Å². The number of nitriles is 1. The van der Waals surface area contributed by atoms with Crippen molar-refractivity contribution in [3.63, 3.8) is 0 Å². The van der Waals surface area contributed by atoms with Gasteiger partial charge in [-0.25, -0.2) is 0 Å². The highest BCUT2D eigenvalue weighted by Crippen LogP contribution is 2.35. The number of nitrogens with zero attached hydrogens (tertiary/aromatic N) is 5. The van der Waals surface area contributed by atoms with E-state index in [2.05, 4.69) is 25.9 Å². The van der Waals surface area contributed by atoms with Crippen LogP contribution in [0.4, 0.5) is 11.4 Å². The monoisotopic (exact) mass is 287 g/mol. The van der Waals surface area contributed by atoms with Gasteiger partial charge in [-0.3, -0.25) is 10.1 Å². The smallest absolute Gasteiger partial charge is 0.313 e. The molecule has 0 radical (unpaired) electrons. The number of nitro groups is 1. The molecule has 1 aromatic heterocycles. The highest BCUT2D eigenvalue weighted by atomic mass is 16.6. The van der Waals surface area contributed by atoms with Gasteiger partial charge in [-0.15, -0.1) is 10.2 Å². The fourth-order valence-corrected chi connectivity index (χ4v) is 1.58. The van der Waals surface area contributed by atoms with E-state index in [1.807, 2.05) is 6.07 Å². The number of aromatic nitrogens is 4. The minimum atomic E-state index is -0.693. The topological polar surface area (TPSA) is 154 Å². The van der Waals surface area contributed by atoms with Gasteiger partial charge >= 0.3 is 5.69 Å². The Morgan fingerprint density at radius 1 is 1.62 bits per heavy atom. The number of anilines is 1. The van der Waals surface area contributed by atoms with Crippen LogP contribution < -0.4 is 5.32 Å². The summed E-state index contributed by atoms with van der Waals surface area (Å²) in [5.41, 5.74) is 0.294. The number of rotatable bonds is 4. The number of nitro benzene ring substituents is 1. The van der Waals surface area contributed by atoms with Crippen LogP contribution in [0.5, 0.6) is 5.75 Å². The zero-order valence-corrected chi connectivity index (χ0v) is 10.7. The molecule has 0 aliphatic rings. The lowest BCUT2D eigenvalue weighted by molar-refractivity contribution is -0.385. The lowest BCUT2D eigenvalue weighted by Crippen LogP contribution is -1.97. The van der Waals surface area contributed by atoms with Gasteiger partial charge in [-0.05, 0) is 23.8 Å². The van der Waals surface area contributed by atoms with Crippen LogP contribution in [0.2, 0.25) is 0 Å². The Bertz CT molecular complexity index is 746. The Labute approximate surface area is 117 Å². The molecule has 0 atom stereocenters. The van der Waals surface area contributed by atoms with Crippen molar-refractivity contribution in [2.45, 2.75) is 6.92 Å². The van der Waals surface area contributed by atoms with E-state index >= 15 is 0 Å². The third kappa shape index (κ3) is 2.92. The van der Waals surface area contributed by atoms with Crippen LogP contribution in [0.15, 0.2) is 18.3 Å². The maximum atomic E-state index is 10.8. The molecule has 0 bridgehead atoms. The maximum Gasteiger partial charge on any atom is 0.313 e. The molecule has 106 valence electrons. The van der Waals surface area contributed by atoms with Crippen molar-refractivity contribution in [2.75, 3.05) is 5.32 Å². The minimum absolute atomic E-state index is 0.0484. The number of H-pyrrole nitrogens is 1. The molecule has 0 spiro atoms. The molecule has 3 N–H and O–H groups in total. The van der Waals surface area contributed by atoms with Crippen molar-refractivity contribution >= 4 is 16.9 Å². The lowest BCUT2D eigenvalue weighted by atomic mass is 10.1. The summed E-state index contributed by atoms with van der Waals surface area (Å²) in [7, 11) is 0. The average Bonchev–Trinajstić information content (AvgIpc) is 2.96. The van der Waals surface area contributed by atoms with Crippen molar-refractivity contribution in [2.24, 2.45) is 0 Å². The molecule has 0 saturated heterocycles. The number of hydrogen-bond acceptors (Lipinski definition) is 8. The molecule has 21 heavy (non-hydrogen) atoms. The molecular formula is C11H9N7O3. The van der Waals surface area contributed by atoms with Gasteiger partial charge in [-0.1, -0.05) is 0 Å². The van der Waals surface area contributed by atoms with E-state index in [1.54, 1.807) is 6.92 Å². The minimum Gasteiger partial charge on any atom is -0.501 e. The average molecular weight is 287 g/mol. The molecule has 2 aromatic rings.